The highest BCUT2D eigenvalue weighted by atomic mass is 32.1. The van der Waals surface area contributed by atoms with Crippen molar-refractivity contribution in [1.29, 1.82) is 0 Å². The first-order valence-corrected chi connectivity index (χ1v) is 19.3. The summed E-state index contributed by atoms with van der Waals surface area (Å²) in [4.78, 5) is 53.1. The molecular formula is C42H47N3O12S. The number of nitrogens with one attached hydrogen (secondary N) is 1. The summed E-state index contributed by atoms with van der Waals surface area (Å²) in [6.45, 7) is 5.26. The number of thiocarbonyl (C=S) groups is 1. The van der Waals surface area contributed by atoms with E-state index in [-0.39, 0.29) is 31.8 Å². The lowest BCUT2D eigenvalue weighted by Gasteiger charge is -2.44. The van der Waals surface area contributed by atoms with E-state index < -0.39 is 60.7 Å². The molecule has 3 heterocycles. The number of fused-ring (bicyclic) bond motifs is 1. The highest BCUT2D eigenvalue weighted by Gasteiger charge is 2.52. The first kappa shape index (κ1) is 42.3. The van der Waals surface area contributed by atoms with E-state index in [1.807, 2.05) is 79.1 Å². The molecule has 2 N–H and O–H groups in total. The monoisotopic (exact) mass is 817 g/mol. The van der Waals surface area contributed by atoms with Gasteiger partial charge in [-0.05, 0) is 28.8 Å². The summed E-state index contributed by atoms with van der Waals surface area (Å²) >= 11 is 5.69. The van der Waals surface area contributed by atoms with Crippen molar-refractivity contribution in [2.45, 2.75) is 109 Å². The number of ether oxygens (including phenoxy) is 7. The van der Waals surface area contributed by atoms with Crippen LogP contribution in [-0.2, 0) is 72.0 Å². The molecule has 2 aliphatic rings. The van der Waals surface area contributed by atoms with Crippen molar-refractivity contribution in [2.24, 2.45) is 0 Å². The van der Waals surface area contributed by atoms with Gasteiger partial charge in [-0.25, -0.2) is 4.98 Å². The maximum Gasteiger partial charge on any atom is 0.303 e. The second kappa shape index (κ2) is 19.5. The van der Waals surface area contributed by atoms with Gasteiger partial charge in [-0.1, -0.05) is 72.9 Å². The lowest BCUT2D eigenvalue weighted by atomic mass is 9.92. The highest BCUT2D eigenvalue weighted by Crippen LogP contribution is 2.39. The van der Waals surface area contributed by atoms with Crippen molar-refractivity contribution in [1.82, 2.24) is 14.9 Å². The van der Waals surface area contributed by atoms with Crippen LogP contribution >= 0.6 is 12.2 Å². The van der Waals surface area contributed by atoms with Crippen LogP contribution < -0.4 is 5.32 Å². The molecule has 2 saturated heterocycles. The van der Waals surface area contributed by atoms with E-state index in [0.717, 1.165) is 33.3 Å². The number of carbonyl (C=O) groups is 4. The molecule has 2 fully saturated rings. The average Bonchev–Trinajstić information content (AvgIpc) is 3.60. The third kappa shape index (κ3) is 11.0. The number of hydrogen-bond acceptors (Lipinski definition) is 14. The van der Waals surface area contributed by atoms with Crippen LogP contribution in [0.15, 0.2) is 79.1 Å². The summed E-state index contributed by atoms with van der Waals surface area (Å²) in [5.41, 5.74) is 5.43. The van der Waals surface area contributed by atoms with Crippen molar-refractivity contribution in [2.75, 3.05) is 6.61 Å². The molecule has 0 amide bonds. The molecule has 0 radical (unpaired) electrons. The maximum absolute atomic E-state index is 12.2. The predicted molar refractivity (Wildman–Crippen MR) is 211 cm³/mol. The van der Waals surface area contributed by atoms with E-state index >= 15 is 0 Å². The summed E-state index contributed by atoms with van der Waals surface area (Å²) in [5.74, 6) is -2.71. The van der Waals surface area contributed by atoms with Gasteiger partial charge in [0.2, 0.25) is 0 Å². The number of carbonyl (C=O) groups excluding carboxylic acids is 4. The smallest absolute Gasteiger partial charge is 0.303 e. The first-order valence-electron chi connectivity index (χ1n) is 18.9. The van der Waals surface area contributed by atoms with Gasteiger partial charge in [-0.15, -0.1) is 0 Å². The minimum atomic E-state index is -1.28. The number of para-hydroxylation sites is 2. The molecule has 0 bridgehead atoms. The Balaban J connectivity index is 1.14. The maximum atomic E-state index is 12.2. The van der Waals surface area contributed by atoms with E-state index in [1.165, 1.54) is 27.7 Å². The van der Waals surface area contributed by atoms with Gasteiger partial charge < -0.3 is 48.1 Å². The largest absolute Gasteiger partial charge is 0.463 e. The van der Waals surface area contributed by atoms with Crippen LogP contribution in [-0.4, -0.2) is 86.8 Å². The van der Waals surface area contributed by atoms with Gasteiger partial charge in [0.05, 0.1) is 47.7 Å². The van der Waals surface area contributed by atoms with Crippen molar-refractivity contribution in [3.8, 4) is 0 Å². The van der Waals surface area contributed by atoms with Gasteiger partial charge in [0.15, 0.2) is 24.6 Å². The van der Waals surface area contributed by atoms with Crippen molar-refractivity contribution >= 4 is 52.1 Å². The Morgan fingerprint density at radius 2 is 1.40 bits per heavy atom. The normalized spacial score (nSPS) is 24.4. The van der Waals surface area contributed by atoms with E-state index in [1.54, 1.807) is 0 Å². The van der Waals surface area contributed by atoms with E-state index in [2.05, 4.69) is 14.9 Å². The summed E-state index contributed by atoms with van der Waals surface area (Å²) in [5, 5.41) is 12.8. The average molecular weight is 818 g/mol. The van der Waals surface area contributed by atoms with Gasteiger partial charge in [0.1, 0.15) is 18.8 Å². The molecule has 308 valence electrons. The molecule has 2 aliphatic heterocycles. The van der Waals surface area contributed by atoms with E-state index in [0.29, 0.717) is 24.5 Å². The van der Waals surface area contributed by atoms with Gasteiger partial charge in [0, 0.05) is 52.6 Å². The molecule has 0 saturated carbocycles. The molecule has 1 aromatic heterocycles. The van der Waals surface area contributed by atoms with Crippen LogP contribution in [0.1, 0.15) is 75.2 Å². The van der Waals surface area contributed by atoms with Crippen LogP contribution in [0.25, 0.3) is 11.0 Å². The Morgan fingerprint density at radius 3 is 2.05 bits per heavy atom. The van der Waals surface area contributed by atoms with Crippen molar-refractivity contribution in [3.05, 3.63) is 101 Å². The molecule has 8 atom stereocenters. The highest BCUT2D eigenvalue weighted by molar-refractivity contribution is 7.80. The molecular weight excluding hydrogens is 771 g/mol. The summed E-state index contributed by atoms with van der Waals surface area (Å²) in [6, 6.07) is 23.4. The molecule has 6 rings (SSSR count). The van der Waals surface area contributed by atoms with E-state index in [9.17, 15) is 24.3 Å². The Bertz CT molecular complexity index is 2070. The van der Waals surface area contributed by atoms with Crippen LogP contribution in [0.4, 0.5) is 0 Å². The number of imidazole rings is 1. The van der Waals surface area contributed by atoms with Gasteiger partial charge >= 0.3 is 23.9 Å². The summed E-state index contributed by atoms with van der Waals surface area (Å²) < 4.78 is 43.1. The molecule has 0 spiro atoms. The van der Waals surface area contributed by atoms with Crippen LogP contribution in [0.5, 0.6) is 0 Å². The van der Waals surface area contributed by atoms with Gasteiger partial charge in [-0.2, -0.15) is 0 Å². The Kier molecular flexibility index (Phi) is 14.2. The standard InChI is InChI=1S/C42H47N3O12S/c1-24(47)51-22-37-40(53-26(3)49)41(54-27(4)50)39(52-25(2)48)36(56-37)18-38(58)43-19-28-9-15-31(16-10-28)42-55-32(20-45-23-44-33-7-5-6-8-34(33)45)17-35(57-42)30-13-11-29(21-46)12-14-30/h5-16,23,32,35-37,39-42,46H,17-22H2,1-4H3,(H,43,58)/t32-,35+,36-,37+,39-,40+,41+,42?/m0/s1. The van der Waals surface area contributed by atoms with Crippen LogP contribution in [0.2, 0.25) is 0 Å². The first-order chi connectivity index (χ1) is 27.9. The summed E-state index contributed by atoms with van der Waals surface area (Å²) in [6.07, 6.45) is -4.43. The Morgan fingerprint density at radius 1 is 0.776 bits per heavy atom. The third-order valence-corrected chi connectivity index (χ3v) is 10.1. The summed E-state index contributed by atoms with van der Waals surface area (Å²) in [7, 11) is 0. The number of esters is 4. The molecule has 0 aliphatic carbocycles. The fourth-order valence-electron chi connectivity index (χ4n) is 7.14. The number of aromatic nitrogens is 2. The molecule has 4 aromatic rings. The lowest BCUT2D eigenvalue weighted by molar-refractivity contribution is -0.252. The number of aliphatic hydroxyl groups excluding tert-OH is 1. The number of benzene rings is 3. The Labute approximate surface area is 340 Å². The second-order valence-corrected chi connectivity index (χ2v) is 14.7. The third-order valence-electron chi connectivity index (χ3n) is 9.76. The number of aliphatic hydroxyl groups is 1. The zero-order valence-corrected chi connectivity index (χ0v) is 33.4. The SMILES string of the molecule is CC(=O)OC[C@H]1O[C@@H](CC(=S)NCc2ccc(C3O[C@H](Cn4cnc5ccccc54)C[C@H](c4ccc(CO)cc4)O3)cc2)[C@H](OC(C)=O)[C@@H](OC(C)=O)[C@@H]1OC(C)=O. The molecule has 58 heavy (non-hydrogen) atoms. The van der Waals surface area contributed by atoms with Crippen molar-refractivity contribution < 1.29 is 57.4 Å². The number of rotatable bonds is 14. The minimum absolute atomic E-state index is 0.0184. The second-order valence-electron chi connectivity index (χ2n) is 14.2. The number of nitrogens with zero attached hydrogens (tertiary/aromatic N) is 2. The zero-order valence-electron chi connectivity index (χ0n) is 32.6. The quantitative estimate of drug-likeness (QED) is 0.101. The molecule has 1 unspecified atom stereocenters. The van der Waals surface area contributed by atoms with Crippen LogP contribution in [0.3, 0.4) is 0 Å². The Hall–Kier alpha value is -5.26. The van der Waals surface area contributed by atoms with E-state index in [4.69, 9.17) is 45.4 Å². The number of hydrogen-bond donors (Lipinski definition) is 2. The van der Waals surface area contributed by atoms with Crippen LogP contribution in [0, 0.1) is 0 Å². The zero-order chi connectivity index (χ0) is 41.3. The lowest BCUT2D eigenvalue weighted by Crippen LogP contribution is -2.62. The topological polar surface area (TPSA) is 183 Å². The minimum Gasteiger partial charge on any atom is -0.463 e. The molecule has 3 aromatic carbocycles. The molecule has 16 heteroatoms. The van der Waals surface area contributed by atoms with Crippen molar-refractivity contribution in [3.63, 3.8) is 0 Å². The van der Waals surface area contributed by atoms with Gasteiger partial charge in [-0.3, -0.25) is 19.2 Å². The van der Waals surface area contributed by atoms with Gasteiger partial charge in [0.25, 0.3) is 0 Å². The predicted octanol–water partition coefficient (Wildman–Crippen LogP) is 4.71. The molecule has 15 nitrogen and oxygen atoms in total. The fourth-order valence-corrected chi connectivity index (χ4v) is 7.38. The fraction of sp³-hybridized carbons (Fsp3) is 0.429.